The van der Waals surface area contributed by atoms with Gasteiger partial charge in [0.25, 0.3) is 0 Å². The van der Waals surface area contributed by atoms with E-state index in [9.17, 15) is 0 Å². The average molecular weight is 282 g/mol. The van der Waals surface area contributed by atoms with E-state index in [2.05, 4.69) is 10.0 Å². The predicted molar refractivity (Wildman–Crippen MR) is 73.0 cm³/mol. The lowest BCUT2D eigenvalue weighted by Crippen LogP contribution is -2.21. The molecule has 1 unspecified atom stereocenters. The summed E-state index contributed by atoms with van der Waals surface area (Å²) < 4.78 is 0. The summed E-state index contributed by atoms with van der Waals surface area (Å²) in [5, 5.41) is 5.26. The van der Waals surface area contributed by atoms with E-state index in [0.717, 1.165) is 19.3 Å². The molecule has 0 N–H and O–H groups in total. The van der Waals surface area contributed by atoms with Gasteiger partial charge in [0.15, 0.2) is 0 Å². The third kappa shape index (κ3) is 1.97. The van der Waals surface area contributed by atoms with Gasteiger partial charge in [-0.25, -0.2) is 0 Å². The molecule has 3 nitrogen and oxygen atoms in total. The molecule has 3 atom stereocenters. The van der Waals surface area contributed by atoms with Gasteiger partial charge >= 0.3 is 0 Å². The summed E-state index contributed by atoms with van der Waals surface area (Å²) in [5.41, 5.74) is 10.00. The van der Waals surface area contributed by atoms with Crippen LogP contribution in [0.25, 0.3) is 10.4 Å². The highest BCUT2D eigenvalue weighted by atomic mass is 35.5. The van der Waals surface area contributed by atoms with Crippen LogP contribution in [-0.4, -0.2) is 6.04 Å². The lowest BCUT2D eigenvalue weighted by Gasteiger charge is -2.26. The fourth-order valence-corrected chi connectivity index (χ4v) is 3.91. The molecule has 2 aliphatic carbocycles. The minimum Gasteiger partial charge on any atom is -0.0906 e. The Bertz CT molecular complexity index is 519. The first-order valence-corrected chi connectivity index (χ1v) is 6.90. The molecule has 1 aromatic rings. The van der Waals surface area contributed by atoms with Crippen molar-refractivity contribution in [1.82, 2.24) is 0 Å². The van der Waals surface area contributed by atoms with Crippen molar-refractivity contribution in [3.63, 3.8) is 0 Å². The van der Waals surface area contributed by atoms with Crippen LogP contribution in [0.3, 0.4) is 0 Å². The molecule has 2 saturated carbocycles. The Balaban J connectivity index is 1.85. The van der Waals surface area contributed by atoms with Crippen LogP contribution in [0, 0.1) is 5.92 Å². The van der Waals surface area contributed by atoms with Crippen molar-refractivity contribution in [1.29, 1.82) is 0 Å². The standard InChI is InChI=1S/C13H13Cl2N3/c14-10-3-8(4-11(15)6-10)13-2-1-12(17-18-16)5-9(13)7-13/h3-4,6,9,12H,1-2,5,7H2/t9?,12-,13+/m1/s1. The van der Waals surface area contributed by atoms with Crippen LogP contribution in [0.15, 0.2) is 23.3 Å². The van der Waals surface area contributed by atoms with Gasteiger partial charge in [-0.3, -0.25) is 0 Å². The summed E-state index contributed by atoms with van der Waals surface area (Å²) in [7, 11) is 0. The van der Waals surface area contributed by atoms with Crippen molar-refractivity contribution < 1.29 is 0 Å². The summed E-state index contributed by atoms with van der Waals surface area (Å²) in [6.45, 7) is 0. The molecule has 0 aromatic heterocycles. The highest BCUT2D eigenvalue weighted by molar-refractivity contribution is 6.34. The van der Waals surface area contributed by atoms with E-state index in [4.69, 9.17) is 28.7 Å². The lowest BCUT2D eigenvalue weighted by molar-refractivity contribution is 0.383. The molecule has 0 amide bonds. The van der Waals surface area contributed by atoms with Crippen LogP contribution in [0.4, 0.5) is 0 Å². The molecule has 0 radical (unpaired) electrons. The van der Waals surface area contributed by atoms with Gasteiger partial charge in [-0.1, -0.05) is 28.3 Å². The molecule has 2 fully saturated rings. The Morgan fingerprint density at radius 3 is 2.61 bits per heavy atom. The molecule has 1 aromatic carbocycles. The van der Waals surface area contributed by atoms with E-state index in [-0.39, 0.29) is 11.5 Å². The quantitative estimate of drug-likeness (QED) is 0.411. The van der Waals surface area contributed by atoms with Gasteiger partial charge in [-0.05, 0) is 66.3 Å². The zero-order valence-electron chi connectivity index (χ0n) is 9.81. The third-order valence-corrected chi connectivity index (χ3v) is 4.80. The van der Waals surface area contributed by atoms with Gasteiger partial charge < -0.3 is 0 Å². The van der Waals surface area contributed by atoms with Crippen molar-refractivity contribution in [2.45, 2.75) is 37.1 Å². The summed E-state index contributed by atoms with van der Waals surface area (Å²) in [6.07, 6.45) is 4.19. The average Bonchev–Trinajstić information content (AvgIpc) is 3.03. The van der Waals surface area contributed by atoms with Gasteiger partial charge in [0.2, 0.25) is 0 Å². The summed E-state index contributed by atoms with van der Waals surface area (Å²) >= 11 is 12.2. The normalized spacial score (nSPS) is 33.4. The minimum absolute atomic E-state index is 0.172. The molecular weight excluding hydrogens is 269 g/mol. The maximum atomic E-state index is 8.50. The number of hydrogen-bond donors (Lipinski definition) is 0. The second-order valence-electron chi connectivity index (χ2n) is 5.35. The first-order valence-electron chi connectivity index (χ1n) is 6.15. The Morgan fingerprint density at radius 2 is 2.00 bits per heavy atom. The van der Waals surface area contributed by atoms with E-state index in [1.54, 1.807) is 6.07 Å². The van der Waals surface area contributed by atoms with Crippen molar-refractivity contribution in [2.24, 2.45) is 11.0 Å². The maximum absolute atomic E-state index is 8.50. The largest absolute Gasteiger partial charge is 0.0906 e. The molecule has 2 aliphatic rings. The van der Waals surface area contributed by atoms with Gasteiger partial charge in [0, 0.05) is 21.0 Å². The molecule has 3 rings (SSSR count). The number of azide groups is 1. The van der Waals surface area contributed by atoms with Crippen LogP contribution in [0.5, 0.6) is 0 Å². The zero-order chi connectivity index (χ0) is 12.8. The van der Waals surface area contributed by atoms with Crippen LogP contribution >= 0.6 is 23.2 Å². The van der Waals surface area contributed by atoms with E-state index in [1.807, 2.05) is 12.1 Å². The summed E-state index contributed by atoms with van der Waals surface area (Å²) in [6, 6.07) is 6.00. The molecule has 0 bridgehead atoms. The molecule has 0 heterocycles. The number of fused-ring (bicyclic) bond motifs is 1. The molecule has 18 heavy (non-hydrogen) atoms. The number of rotatable bonds is 2. The molecule has 5 heteroatoms. The molecular formula is C13H13Cl2N3. The lowest BCUT2D eigenvalue weighted by atomic mass is 9.81. The first kappa shape index (κ1) is 12.2. The summed E-state index contributed by atoms with van der Waals surface area (Å²) in [5.74, 6) is 0.622. The molecule has 0 spiro atoms. The highest BCUT2D eigenvalue weighted by Crippen LogP contribution is 2.63. The molecule has 0 saturated heterocycles. The van der Waals surface area contributed by atoms with E-state index >= 15 is 0 Å². The SMILES string of the molecule is [N-]=[N+]=N[C@@H]1CC[C@@]2(c3cc(Cl)cc(Cl)c3)CC2C1. The van der Waals surface area contributed by atoms with Gasteiger partial charge in [-0.2, -0.15) is 0 Å². The number of hydrogen-bond acceptors (Lipinski definition) is 1. The van der Waals surface area contributed by atoms with Crippen LogP contribution in [-0.2, 0) is 5.41 Å². The Hall–Kier alpha value is -0.890. The Kier molecular flexibility index (Phi) is 2.93. The second-order valence-corrected chi connectivity index (χ2v) is 6.22. The molecule has 94 valence electrons. The number of halogens is 2. The van der Waals surface area contributed by atoms with Crippen molar-refractivity contribution in [3.8, 4) is 0 Å². The first-order chi connectivity index (χ1) is 8.64. The number of benzene rings is 1. The highest BCUT2D eigenvalue weighted by Gasteiger charge is 2.57. The van der Waals surface area contributed by atoms with E-state index in [1.165, 1.54) is 12.0 Å². The van der Waals surface area contributed by atoms with Crippen molar-refractivity contribution >= 4 is 23.2 Å². The van der Waals surface area contributed by atoms with E-state index in [0.29, 0.717) is 16.0 Å². The number of nitrogens with zero attached hydrogens (tertiary/aromatic N) is 3. The zero-order valence-corrected chi connectivity index (χ0v) is 11.3. The van der Waals surface area contributed by atoms with Crippen LogP contribution in [0.2, 0.25) is 10.0 Å². The Morgan fingerprint density at radius 1 is 1.28 bits per heavy atom. The monoisotopic (exact) mass is 281 g/mol. The van der Waals surface area contributed by atoms with Gasteiger partial charge in [-0.15, -0.1) is 0 Å². The van der Waals surface area contributed by atoms with Crippen LogP contribution in [0.1, 0.15) is 31.2 Å². The smallest absolute Gasteiger partial charge is 0.0423 e. The van der Waals surface area contributed by atoms with E-state index < -0.39 is 0 Å². The minimum atomic E-state index is 0.172. The van der Waals surface area contributed by atoms with Gasteiger partial charge in [0.1, 0.15) is 0 Å². The fourth-order valence-electron chi connectivity index (χ4n) is 3.38. The van der Waals surface area contributed by atoms with Crippen molar-refractivity contribution in [2.75, 3.05) is 0 Å². The Labute approximate surface area is 116 Å². The van der Waals surface area contributed by atoms with Gasteiger partial charge in [0.05, 0.1) is 0 Å². The van der Waals surface area contributed by atoms with Crippen LogP contribution < -0.4 is 0 Å². The van der Waals surface area contributed by atoms with Crippen molar-refractivity contribution in [3.05, 3.63) is 44.3 Å². The topological polar surface area (TPSA) is 48.8 Å². The predicted octanol–water partition coefficient (Wildman–Crippen LogP) is 5.11. The third-order valence-electron chi connectivity index (χ3n) is 4.36. The second kappa shape index (κ2) is 4.34. The fraction of sp³-hybridized carbons (Fsp3) is 0.538. The maximum Gasteiger partial charge on any atom is 0.0423 e. The summed E-state index contributed by atoms with van der Waals surface area (Å²) in [4.78, 5) is 2.92. The molecule has 0 aliphatic heterocycles.